The van der Waals surface area contributed by atoms with Gasteiger partial charge in [0.25, 0.3) is 5.91 Å². The Morgan fingerprint density at radius 2 is 1.76 bits per heavy atom. The lowest BCUT2D eigenvalue weighted by Gasteiger charge is -2.14. The normalized spacial score (nSPS) is 10.3. The Bertz CT molecular complexity index is 673. The maximum Gasteiger partial charge on any atom is 0.254 e. The van der Waals surface area contributed by atoms with Gasteiger partial charge in [0.1, 0.15) is 17.1 Å². The first-order valence-electron chi connectivity index (χ1n) is 6.53. The van der Waals surface area contributed by atoms with Gasteiger partial charge < -0.3 is 15.2 Å². The predicted molar refractivity (Wildman–Crippen MR) is 80.0 cm³/mol. The smallest absolute Gasteiger partial charge is 0.254 e. The maximum atomic E-state index is 11.5. The number of rotatable bonds is 4. The Hall–Kier alpha value is -2.56. The van der Waals surface area contributed by atoms with Crippen molar-refractivity contribution in [1.29, 1.82) is 0 Å². The van der Waals surface area contributed by atoms with Crippen molar-refractivity contribution in [2.24, 2.45) is 5.73 Å². The molecule has 0 spiro atoms. The van der Waals surface area contributed by atoms with E-state index in [0.717, 1.165) is 22.6 Å². The van der Waals surface area contributed by atoms with Gasteiger partial charge in [-0.2, -0.15) is 0 Å². The fourth-order valence-electron chi connectivity index (χ4n) is 2.08. The fraction of sp³-hybridized carbons (Fsp3) is 0.250. The zero-order valence-corrected chi connectivity index (χ0v) is 12.6. The summed E-state index contributed by atoms with van der Waals surface area (Å²) in [5, 5.41) is 0. The van der Waals surface area contributed by atoms with Gasteiger partial charge in [0.05, 0.1) is 7.11 Å². The van der Waals surface area contributed by atoms with Gasteiger partial charge in [0, 0.05) is 5.69 Å². The van der Waals surface area contributed by atoms with Crippen LogP contribution in [0, 0.1) is 20.8 Å². The number of carbonyl (C=O) groups excluding carboxylic acids is 1. The second kappa shape index (κ2) is 5.83. The van der Waals surface area contributed by atoms with E-state index in [9.17, 15) is 4.79 Å². The minimum Gasteiger partial charge on any atom is -0.497 e. The molecule has 1 heterocycles. The molecule has 110 valence electrons. The molecule has 0 fully saturated rings. The molecule has 5 heteroatoms. The Morgan fingerprint density at radius 1 is 1.14 bits per heavy atom. The standard InChI is InChI=1S/C16H18N2O3/c1-9-7-12(20-4)8-10(2)14(9)21-16-13(15(17)19)6-5-11(3)18-16/h5-8H,1-4H3,(H2,17,19). The molecule has 5 nitrogen and oxygen atoms in total. The van der Waals surface area contributed by atoms with E-state index in [1.54, 1.807) is 19.2 Å². The number of aryl methyl sites for hydroxylation is 3. The summed E-state index contributed by atoms with van der Waals surface area (Å²) in [4.78, 5) is 15.7. The Morgan fingerprint density at radius 3 is 2.29 bits per heavy atom. The molecule has 0 saturated heterocycles. The molecule has 0 aliphatic rings. The number of pyridine rings is 1. The van der Waals surface area contributed by atoms with E-state index in [-0.39, 0.29) is 11.4 Å². The van der Waals surface area contributed by atoms with Crippen LogP contribution in [0.5, 0.6) is 17.4 Å². The molecule has 0 atom stereocenters. The lowest BCUT2D eigenvalue weighted by atomic mass is 10.1. The third-order valence-corrected chi connectivity index (χ3v) is 3.13. The van der Waals surface area contributed by atoms with E-state index in [1.807, 2.05) is 32.9 Å². The van der Waals surface area contributed by atoms with Crippen LogP contribution in [0.2, 0.25) is 0 Å². The van der Waals surface area contributed by atoms with Crippen LogP contribution < -0.4 is 15.2 Å². The van der Waals surface area contributed by atoms with Crippen molar-refractivity contribution in [3.05, 3.63) is 46.6 Å². The number of aromatic nitrogens is 1. The summed E-state index contributed by atoms with van der Waals surface area (Å²) in [6, 6.07) is 7.07. The number of ether oxygens (including phenoxy) is 2. The molecule has 0 unspecified atom stereocenters. The number of benzene rings is 1. The predicted octanol–water partition coefficient (Wildman–Crippen LogP) is 2.91. The summed E-state index contributed by atoms with van der Waals surface area (Å²) >= 11 is 0. The van der Waals surface area contributed by atoms with Gasteiger partial charge in [-0.15, -0.1) is 0 Å². The second-order valence-corrected chi connectivity index (χ2v) is 4.86. The molecule has 1 aromatic carbocycles. The van der Waals surface area contributed by atoms with Crippen LogP contribution in [-0.4, -0.2) is 18.0 Å². The summed E-state index contributed by atoms with van der Waals surface area (Å²) in [6.45, 7) is 5.64. The van der Waals surface area contributed by atoms with Gasteiger partial charge >= 0.3 is 0 Å². The number of nitrogens with two attached hydrogens (primary N) is 1. The Labute approximate surface area is 123 Å². The lowest BCUT2D eigenvalue weighted by molar-refractivity contribution is 0.0997. The van der Waals surface area contributed by atoms with Crippen LogP contribution in [0.3, 0.4) is 0 Å². The monoisotopic (exact) mass is 286 g/mol. The average molecular weight is 286 g/mol. The van der Waals surface area contributed by atoms with E-state index in [2.05, 4.69) is 4.98 Å². The third-order valence-electron chi connectivity index (χ3n) is 3.13. The minimum atomic E-state index is -0.568. The van der Waals surface area contributed by atoms with Crippen LogP contribution in [-0.2, 0) is 0 Å². The number of methoxy groups -OCH3 is 1. The number of hydrogen-bond acceptors (Lipinski definition) is 4. The van der Waals surface area contributed by atoms with E-state index in [1.165, 1.54) is 0 Å². The van der Waals surface area contributed by atoms with Crippen molar-refractivity contribution in [1.82, 2.24) is 4.98 Å². The Balaban J connectivity index is 2.48. The molecule has 0 bridgehead atoms. The molecule has 2 aromatic rings. The summed E-state index contributed by atoms with van der Waals surface area (Å²) in [7, 11) is 1.61. The van der Waals surface area contributed by atoms with E-state index < -0.39 is 5.91 Å². The molecule has 21 heavy (non-hydrogen) atoms. The zero-order valence-electron chi connectivity index (χ0n) is 12.6. The van der Waals surface area contributed by atoms with Gasteiger partial charge in [0.15, 0.2) is 0 Å². The first-order valence-corrected chi connectivity index (χ1v) is 6.53. The zero-order chi connectivity index (χ0) is 15.6. The first-order chi connectivity index (χ1) is 9.92. The average Bonchev–Trinajstić information content (AvgIpc) is 2.42. The van der Waals surface area contributed by atoms with Gasteiger partial charge in [-0.1, -0.05) is 0 Å². The molecular weight excluding hydrogens is 268 g/mol. The summed E-state index contributed by atoms with van der Waals surface area (Å²) in [5.41, 5.74) is 8.16. The summed E-state index contributed by atoms with van der Waals surface area (Å²) < 4.78 is 11.1. The molecule has 1 aromatic heterocycles. The number of carbonyl (C=O) groups is 1. The minimum absolute atomic E-state index is 0.221. The molecule has 1 amide bonds. The highest BCUT2D eigenvalue weighted by Gasteiger charge is 2.15. The topological polar surface area (TPSA) is 74.4 Å². The Kier molecular flexibility index (Phi) is 4.12. The van der Waals surface area contributed by atoms with Crippen LogP contribution in [0.25, 0.3) is 0 Å². The maximum absolute atomic E-state index is 11.5. The second-order valence-electron chi connectivity index (χ2n) is 4.86. The number of hydrogen-bond donors (Lipinski definition) is 1. The van der Waals surface area contributed by atoms with Gasteiger partial charge in [-0.25, -0.2) is 4.98 Å². The summed E-state index contributed by atoms with van der Waals surface area (Å²) in [6.07, 6.45) is 0. The number of nitrogens with zero attached hydrogens (tertiary/aromatic N) is 1. The molecule has 0 aliphatic carbocycles. The van der Waals surface area contributed by atoms with E-state index >= 15 is 0 Å². The largest absolute Gasteiger partial charge is 0.497 e. The van der Waals surface area contributed by atoms with Crippen LogP contribution in [0.15, 0.2) is 24.3 Å². The molecule has 2 rings (SSSR count). The molecule has 0 radical (unpaired) electrons. The number of amides is 1. The van der Waals surface area contributed by atoms with Gasteiger partial charge in [0.2, 0.25) is 5.88 Å². The van der Waals surface area contributed by atoms with Crippen LogP contribution in [0.4, 0.5) is 0 Å². The molecule has 0 saturated carbocycles. The fourth-order valence-corrected chi connectivity index (χ4v) is 2.08. The number of primary amides is 1. The van der Waals surface area contributed by atoms with E-state index in [0.29, 0.717) is 5.75 Å². The third kappa shape index (κ3) is 3.13. The summed E-state index contributed by atoms with van der Waals surface area (Å²) in [5.74, 6) is 1.06. The van der Waals surface area contributed by atoms with Gasteiger partial charge in [-0.05, 0) is 56.2 Å². The van der Waals surface area contributed by atoms with Gasteiger partial charge in [-0.3, -0.25) is 4.79 Å². The van der Waals surface area contributed by atoms with Crippen molar-refractivity contribution in [3.63, 3.8) is 0 Å². The molecule has 0 aliphatic heterocycles. The highest BCUT2D eigenvalue weighted by Crippen LogP contribution is 2.32. The van der Waals surface area contributed by atoms with Crippen molar-refractivity contribution in [2.45, 2.75) is 20.8 Å². The lowest BCUT2D eigenvalue weighted by Crippen LogP contribution is -2.13. The SMILES string of the molecule is COc1cc(C)c(Oc2nc(C)ccc2C(N)=O)c(C)c1. The van der Waals surface area contributed by atoms with Crippen molar-refractivity contribution in [3.8, 4) is 17.4 Å². The van der Waals surface area contributed by atoms with Crippen molar-refractivity contribution >= 4 is 5.91 Å². The first kappa shape index (κ1) is 14.8. The van der Waals surface area contributed by atoms with Crippen molar-refractivity contribution in [2.75, 3.05) is 7.11 Å². The van der Waals surface area contributed by atoms with Crippen LogP contribution in [0.1, 0.15) is 27.2 Å². The molecular formula is C16H18N2O3. The molecule has 2 N–H and O–H groups in total. The van der Waals surface area contributed by atoms with E-state index in [4.69, 9.17) is 15.2 Å². The van der Waals surface area contributed by atoms with Crippen molar-refractivity contribution < 1.29 is 14.3 Å². The highest BCUT2D eigenvalue weighted by atomic mass is 16.5. The quantitative estimate of drug-likeness (QED) is 0.937. The highest BCUT2D eigenvalue weighted by molar-refractivity contribution is 5.95. The van der Waals surface area contributed by atoms with Crippen LogP contribution >= 0.6 is 0 Å².